The predicted molar refractivity (Wildman–Crippen MR) is 99.7 cm³/mol. The monoisotopic (exact) mass is 358 g/mol. The molecule has 5 heteroatoms. The summed E-state index contributed by atoms with van der Waals surface area (Å²) in [5.41, 5.74) is 2.41. The number of carbonyl (C=O) groups is 1. The summed E-state index contributed by atoms with van der Waals surface area (Å²) in [5.74, 6) is 0.493. The lowest BCUT2D eigenvalue weighted by atomic mass is 10.1. The lowest BCUT2D eigenvalue weighted by Gasteiger charge is -2.15. The second kappa shape index (κ2) is 8.88. The average Bonchev–Trinajstić information content (AvgIpc) is 3.13. The fraction of sp³-hybridized carbons (Fsp3) is 0.350. The number of benzene rings is 2. The van der Waals surface area contributed by atoms with Gasteiger partial charge in [0, 0.05) is 18.1 Å². The van der Waals surface area contributed by atoms with Crippen LogP contribution in [-0.4, -0.2) is 30.5 Å². The van der Waals surface area contributed by atoms with Gasteiger partial charge in [-0.2, -0.15) is 0 Å². The second-order valence-electron chi connectivity index (χ2n) is 6.32. The van der Waals surface area contributed by atoms with Crippen molar-refractivity contribution in [1.29, 1.82) is 0 Å². The van der Waals surface area contributed by atoms with Crippen LogP contribution in [0.3, 0.4) is 0 Å². The van der Waals surface area contributed by atoms with E-state index in [-0.39, 0.29) is 12.5 Å². The van der Waals surface area contributed by atoms with Crippen LogP contribution in [0.4, 0.5) is 0 Å². The van der Waals surface area contributed by atoms with Crippen LogP contribution in [-0.2, 0) is 17.9 Å². The Morgan fingerprint density at radius 1 is 1.08 bits per heavy atom. The van der Waals surface area contributed by atoms with Crippen molar-refractivity contribution in [2.24, 2.45) is 0 Å². The smallest absolute Gasteiger partial charge is 0.258 e. The minimum absolute atomic E-state index is 0.00486. The Bertz CT molecular complexity index is 697. The number of halogens is 1. The van der Waals surface area contributed by atoms with E-state index in [1.54, 1.807) is 24.3 Å². The minimum Gasteiger partial charge on any atom is -0.484 e. The molecule has 4 nitrogen and oxygen atoms in total. The van der Waals surface area contributed by atoms with Crippen molar-refractivity contribution in [3.05, 3.63) is 64.7 Å². The Morgan fingerprint density at radius 2 is 1.80 bits per heavy atom. The Kier molecular flexibility index (Phi) is 6.31. The summed E-state index contributed by atoms with van der Waals surface area (Å²) < 4.78 is 5.45. The fourth-order valence-electron chi connectivity index (χ4n) is 2.97. The van der Waals surface area contributed by atoms with Crippen LogP contribution >= 0.6 is 11.6 Å². The molecule has 132 valence electrons. The molecule has 1 aliphatic heterocycles. The molecule has 1 N–H and O–H groups in total. The summed E-state index contributed by atoms with van der Waals surface area (Å²) in [6.45, 7) is 3.86. The lowest BCUT2D eigenvalue weighted by molar-refractivity contribution is -0.123. The van der Waals surface area contributed by atoms with E-state index in [1.165, 1.54) is 31.5 Å². The molecule has 1 amide bonds. The van der Waals surface area contributed by atoms with Crippen molar-refractivity contribution in [2.45, 2.75) is 25.9 Å². The van der Waals surface area contributed by atoms with Crippen LogP contribution in [0.15, 0.2) is 48.5 Å². The molecule has 0 spiro atoms. The predicted octanol–water partition coefficient (Wildman–Crippen LogP) is 3.63. The molecule has 2 aromatic carbocycles. The van der Waals surface area contributed by atoms with Crippen LogP contribution in [0, 0.1) is 0 Å². The number of likely N-dealkylation sites (tertiary alicyclic amines) is 1. The number of hydrogen-bond donors (Lipinski definition) is 1. The second-order valence-corrected chi connectivity index (χ2v) is 6.76. The first kappa shape index (κ1) is 17.8. The van der Waals surface area contributed by atoms with Crippen molar-refractivity contribution >= 4 is 17.5 Å². The summed E-state index contributed by atoms with van der Waals surface area (Å²) in [6.07, 6.45) is 2.59. The zero-order valence-corrected chi connectivity index (χ0v) is 15.0. The van der Waals surface area contributed by atoms with Gasteiger partial charge in [-0.1, -0.05) is 35.9 Å². The normalized spacial score (nSPS) is 14.4. The van der Waals surface area contributed by atoms with Gasteiger partial charge in [0.2, 0.25) is 0 Å². The molecule has 0 radical (unpaired) electrons. The highest BCUT2D eigenvalue weighted by Crippen LogP contribution is 2.15. The number of ether oxygens (including phenoxy) is 1. The van der Waals surface area contributed by atoms with Gasteiger partial charge >= 0.3 is 0 Å². The molecule has 25 heavy (non-hydrogen) atoms. The Morgan fingerprint density at radius 3 is 2.56 bits per heavy atom. The molecule has 0 atom stereocenters. The van der Waals surface area contributed by atoms with Gasteiger partial charge < -0.3 is 10.1 Å². The Balaban J connectivity index is 1.44. The van der Waals surface area contributed by atoms with E-state index in [0.717, 1.165) is 12.1 Å². The summed E-state index contributed by atoms with van der Waals surface area (Å²) in [7, 11) is 0. The van der Waals surface area contributed by atoms with Gasteiger partial charge in [-0.05, 0) is 61.3 Å². The molecule has 0 saturated carbocycles. The number of nitrogens with zero attached hydrogens (tertiary/aromatic N) is 1. The zero-order valence-electron chi connectivity index (χ0n) is 14.2. The summed E-state index contributed by atoms with van der Waals surface area (Å²) >= 11 is 5.82. The van der Waals surface area contributed by atoms with Crippen molar-refractivity contribution in [2.75, 3.05) is 19.7 Å². The molecular weight excluding hydrogens is 336 g/mol. The van der Waals surface area contributed by atoms with Gasteiger partial charge in [0.25, 0.3) is 5.91 Å². The van der Waals surface area contributed by atoms with Gasteiger partial charge in [-0.25, -0.2) is 0 Å². The van der Waals surface area contributed by atoms with E-state index in [1.807, 2.05) is 6.07 Å². The van der Waals surface area contributed by atoms with Gasteiger partial charge in [0.1, 0.15) is 5.75 Å². The first-order valence-corrected chi connectivity index (χ1v) is 9.02. The highest BCUT2D eigenvalue weighted by atomic mass is 35.5. The topological polar surface area (TPSA) is 41.6 Å². The van der Waals surface area contributed by atoms with Crippen LogP contribution in [0.1, 0.15) is 24.0 Å². The van der Waals surface area contributed by atoms with Crippen molar-refractivity contribution in [1.82, 2.24) is 10.2 Å². The van der Waals surface area contributed by atoms with Crippen LogP contribution < -0.4 is 10.1 Å². The van der Waals surface area contributed by atoms with Crippen molar-refractivity contribution in [3.63, 3.8) is 0 Å². The molecule has 1 aliphatic rings. The number of amides is 1. The maximum absolute atomic E-state index is 11.9. The van der Waals surface area contributed by atoms with Gasteiger partial charge in [0.05, 0.1) is 0 Å². The van der Waals surface area contributed by atoms with Crippen molar-refractivity contribution in [3.8, 4) is 5.75 Å². The number of rotatable bonds is 7. The third-order valence-electron chi connectivity index (χ3n) is 4.27. The summed E-state index contributed by atoms with van der Waals surface area (Å²) in [4.78, 5) is 14.4. The third-order valence-corrected chi connectivity index (χ3v) is 4.52. The van der Waals surface area contributed by atoms with E-state index in [4.69, 9.17) is 16.3 Å². The van der Waals surface area contributed by atoms with Gasteiger partial charge in [0.15, 0.2) is 6.61 Å². The number of carbonyl (C=O) groups excluding carboxylic acids is 1. The highest BCUT2D eigenvalue weighted by molar-refractivity contribution is 6.30. The largest absolute Gasteiger partial charge is 0.484 e. The van der Waals surface area contributed by atoms with E-state index in [0.29, 0.717) is 17.3 Å². The molecule has 3 rings (SSSR count). The van der Waals surface area contributed by atoms with Crippen LogP contribution in [0.25, 0.3) is 0 Å². The molecule has 1 heterocycles. The minimum atomic E-state index is -0.139. The maximum Gasteiger partial charge on any atom is 0.258 e. The third kappa shape index (κ3) is 5.76. The van der Waals surface area contributed by atoms with Crippen molar-refractivity contribution < 1.29 is 9.53 Å². The van der Waals surface area contributed by atoms with Gasteiger partial charge in [-0.3, -0.25) is 9.69 Å². The van der Waals surface area contributed by atoms with E-state index in [2.05, 4.69) is 28.4 Å². The number of nitrogens with one attached hydrogen (secondary N) is 1. The molecule has 0 aromatic heterocycles. The number of hydrogen-bond acceptors (Lipinski definition) is 3. The average molecular weight is 359 g/mol. The Hall–Kier alpha value is -2.04. The summed E-state index contributed by atoms with van der Waals surface area (Å²) in [6, 6.07) is 15.4. The molecular formula is C20H23ClN2O2. The van der Waals surface area contributed by atoms with E-state index < -0.39 is 0 Å². The first-order chi connectivity index (χ1) is 12.2. The lowest BCUT2D eigenvalue weighted by Crippen LogP contribution is -2.28. The molecule has 1 saturated heterocycles. The van der Waals surface area contributed by atoms with E-state index in [9.17, 15) is 4.79 Å². The maximum atomic E-state index is 11.9. The highest BCUT2D eigenvalue weighted by Gasteiger charge is 2.11. The molecule has 0 unspecified atom stereocenters. The standard InChI is InChI=1S/C20H23ClN2O2/c21-18-6-8-19(9-7-18)25-15-20(24)22-13-16-4-3-5-17(12-16)14-23-10-1-2-11-23/h3-9,12H,1-2,10-11,13-15H2,(H,22,24). The first-order valence-electron chi connectivity index (χ1n) is 8.64. The summed E-state index contributed by atoms with van der Waals surface area (Å²) in [5, 5.41) is 3.54. The quantitative estimate of drug-likeness (QED) is 0.821. The molecule has 0 aliphatic carbocycles. The van der Waals surface area contributed by atoms with Crippen LogP contribution in [0.5, 0.6) is 5.75 Å². The van der Waals surface area contributed by atoms with Gasteiger partial charge in [-0.15, -0.1) is 0 Å². The van der Waals surface area contributed by atoms with E-state index >= 15 is 0 Å². The Labute approximate surface area is 153 Å². The molecule has 1 fully saturated rings. The van der Waals surface area contributed by atoms with Crippen LogP contribution in [0.2, 0.25) is 5.02 Å². The zero-order chi connectivity index (χ0) is 17.5. The SMILES string of the molecule is O=C(COc1ccc(Cl)cc1)NCc1cccc(CN2CCCC2)c1. The molecule has 0 bridgehead atoms. The molecule has 2 aromatic rings. The fourth-order valence-corrected chi connectivity index (χ4v) is 3.09.